The molecule has 1 fully saturated rings. The number of fused-ring (bicyclic) bond motifs is 1. The molecule has 1 aromatic carbocycles. The molecule has 0 aliphatic carbocycles. The van der Waals surface area contributed by atoms with Gasteiger partial charge in [0.05, 0.1) is 17.8 Å². The zero-order valence-electron chi connectivity index (χ0n) is 17.9. The molecule has 2 atom stereocenters. The van der Waals surface area contributed by atoms with Gasteiger partial charge in [-0.3, -0.25) is 0 Å². The van der Waals surface area contributed by atoms with E-state index < -0.39 is 11.7 Å². The highest BCUT2D eigenvalue weighted by molar-refractivity contribution is 5.69. The van der Waals surface area contributed by atoms with Crippen LogP contribution in [0.2, 0.25) is 0 Å². The molecule has 0 radical (unpaired) electrons. The van der Waals surface area contributed by atoms with Gasteiger partial charge in [-0.25, -0.2) is 4.79 Å². The van der Waals surface area contributed by atoms with E-state index in [2.05, 4.69) is 21.2 Å². The van der Waals surface area contributed by atoms with E-state index in [-0.39, 0.29) is 12.1 Å². The van der Waals surface area contributed by atoms with Crippen LogP contribution in [-0.4, -0.2) is 63.7 Å². The first-order chi connectivity index (χ1) is 14.3. The van der Waals surface area contributed by atoms with Crippen LogP contribution in [0.1, 0.15) is 39.2 Å². The molecule has 7 nitrogen and oxygen atoms in total. The van der Waals surface area contributed by atoms with Gasteiger partial charge in [0.25, 0.3) is 0 Å². The first-order valence-corrected chi connectivity index (χ1v) is 10.7. The lowest BCUT2D eigenvalue weighted by Crippen LogP contribution is -2.58. The molecular formula is C23H30N4O3. The number of amides is 1. The van der Waals surface area contributed by atoms with Gasteiger partial charge in [-0.2, -0.15) is 0 Å². The van der Waals surface area contributed by atoms with Gasteiger partial charge in [-0.15, -0.1) is 10.2 Å². The number of hydrogen-bond acceptors (Lipinski definition) is 6. The van der Waals surface area contributed by atoms with Crippen LogP contribution in [0.25, 0.3) is 11.3 Å². The fourth-order valence-electron chi connectivity index (χ4n) is 4.19. The Morgan fingerprint density at radius 3 is 2.67 bits per heavy atom. The van der Waals surface area contributed by atoms with E-state index in [1.165, 1.54) is 0 Å². The topological polar surface area (TPSA) is 78.8 Å². The maximum Gasteiger partial charge on any atom is 0.410 e. The van der Waals surface area contributed by atoms with Gasteiger partial charge in [0.1, 0.15) is 5.60 Å². The highest BCUT2D eigenvalue weighted by Gasteiger charge is 2.38. The lowest BCUT2D eigenvalue weighted by atomic mass is 9.96. The van der Waals surface area contributed by atoms with Crippen molar-refractivity contribution in [2.24, 2.45) is 0 Å². The van der Waals surface area contributed by atoms with Crippen LogP contribution in [0.4, 0.5) is 10.6 Å². The number of carbonyl (C=O) groups is 1. The van der Waals surface area contributed by atoms with Crippen LogP contribution in [-0.2, 0) is 11.2 Å². The van der Waals surface area contributed by atoms with Gasteiger partial charge >= 0.3 is 6.09 Å². The third-order valence-electron chi connectivity index (χ3n) is 5.64. The molecule has 0 saturated carbocycles. The Balaban J connectivity index is 1.56. The van der Waals surface area contributed by atoms with E-state index >= 15 is 0 Å². The number of ether oxygens (including phenoxy) is 1. The molecule has 1 saturated heterocycles. The van der Waals surface area contributed by atoms with E-state index in [4.69, 9.17) is 4.74 Å². The third-order valence-corrected chi connectivity index (χ3v) is 5.64. The predicted octanol–water partition coefficient (Wildman–Crippen LogP) is 3.27. The Hall–Kier alpha value is -2.67. The molecule has 2 aliphatic rings. The lowest BCUT2D eigenvalue weighted by Gasteiger charge is -2.44. The number of benzene rings is 1. The molecule has 2 aromatic rings. The smallest absolute Gasteiger partial charge is 0.410 e. The number of aliphatic hydroxyl groups is 1. The minimum atomic E-state index is -0.542. The summed E-state index contributed by atoms with van der Waals surface area (Å²) in [6.07, 6.45) is 1.57. The van der Waals surface area contributed by atoms with E-state index in [0.717, 1.165) is 42.0 Å². The summed E-state index contributed by atoms with van der Waals surface area (Å²) in [5.74, 6) is 0.816. The molecule has 1 amide bonds. The second kappa shape index (κ2) is 8.22. The Kier molecular flexibility index (Phi) is 5.64. The number of carbonyl (C=O) groups excluding carboxylic acids is 1. The number of aryl methyl sites for hydroxylation is 1. The van der Waals surface area contributed by atoms with E-state index in [1.54, 1.807) is 4.90 Å². The maximum atomic E-state index is 12.6. The van der Waals surface area contributed by atoms with E-state index in [9.17, 15) is 9.90 Å². The lowest BCUT2D eigenvalue weighted by molar-refractivity contribution is 0.00377. The summed E-state index contributed by atoms with van der Waals surface area (Å²) < 4.78 is 5.54. The number of aromatic nitrogens is 2. The molecule has 7 heteroatoms. The van der Waals surface area contributed by atoms with E-state index in [1.807, 2.05) is 51.1 Å². The fraction of sp³-hybridized carbons (Fsp3) is 0.522. The molecule has 0 bridgehead atoms. The minimum Gasteiger partial charge on any atom is -0.444 e. The van der Waals surface area contributed by atoms with Gasteiger partial charge in [-0.1, -0.05) is 30.3 Å². The van der Waals surface area contributed by atoms with Crippen LogP contribution >= 0.6 is 0 Å². The second-order valence-corrected chi connectivity index (χ2v) is 9.09. The average Bonchev–Trinajstić information content (AvgIpc) is 2.73. The van der Waals surface area contributed by atoms with E-state index in [0.29, 0.717) is 19.5 Å². The Morgan fingerprint density at radius 2 is 1.93 bits per heavy atom. The minimum absolute atomic E-state index is 0.220. The van der Waals surface area contributed by atoms with Gasteiger partial charge in [-0.05, 0) is 51.7 Å². The number of rotatable bonds is 2. The Labute approximate surface area is 177 Å². The Bertz CT molecular complexity index is 897. The van der Waals surface area contributed by atoms with Crippen LogP contribution in [0.3, 0.4) is 0 Å². The molecule has 30 heavy (non-hydrogen) atoms. The van der Waals surface area contributed by atoms with Crippen molar-refractivity contribution < 1.29 is 14.6 Å². The van der Waals surface area contributed by atoms with Gasteiger partial charge in [0.15, 0.2) is 5.82 Å². The number of hydrogen-bond donors (Lipinski definition) is 1. The van der Waals surface area contributed by atoms with Crippen molar-refractivity contribution >= 4 is 11.9 Å². The average molecular weight is 411 g/mol. The first-order valence-electron chi connectivity index (χ1n) is 10.7. The quantitative estimate of drug-likeness (QED) is 0.819. The summed E-state index contributed by atoms with van der Waals surface area (Å²) in [6.45, 7) is 7.28. The normalized spacial score (nSPS) is 21.9. The molecule has 1 N–H and O–H groups in total. The summed E-state index contributed by atoms with van der Waals surface area (Å²) in [7, 11) is 0. The van der Waals surface area contributed by atoms with Crippen molar-refractivity contribution in [1.29, 1.82) is 0 Å². The Morgan fingerprint density at radius 1 is 1.17 bits per heavy atom. The molecule has 160 valence electrons. The molecular weight excluding hydrogens is 380 g/mol. The monoisotopic (exact) mass is 410 g/mol. The molecule has 4 rings (SSSR count). The van der Waals surface area contributed by atoms with Crippen LogP contribution < -0.4 is 4.90 Å². The van der Waals surface area contributed by atoms with Gasteiger partial charge in [0.2, 0.25) is 0 Å². The van der Waals surface area contributed by atoms with Crippen molar-refractivity contribution in [2.45, 2.75) is 57.8 Å². The van der Waals surface area contributed by atoms with Crippen LogP contribution in [0.15, 0.2) is 36.4 Å². The maximum absolute atomic E-state index is 12.6. The largest absolute Gasteiger partial charge is 0.444 e. The third kappa shape index (κ3) is 4.41. The zero-order valence-corrected chi connectivity index (χ0v) is 17.9. The second-order valence-electron chi connectivity index (χ2n) is 9.09. The fourth-order valence-corrected chi connectivity index (χ4v) is 4.19. The van der Waals surface area contributed by atoms with Crippen molar-refractivity contribution in [1.82, 2.24) is 15.1 Å². The summed E-state index contributed by atoms with van der Waals surface area (Å²) in [5.41, 5.74) is 2.49. The van der Waals surface area contributed by atoms with Gasteiger partial charge < -0.3 is 19.6 Å². The zero-order chi connectivity index (χ0) is 21.3. The predicted molar refractivity (Wildman–Crippen MR) is 115 cm³/mol. The van der Waals surface area contributed by atoms with Crippen molar-refractivity contribution in [2.75, 3.05) is 24.5 Å². The number of piperidine rings is 1. The molecule has 0 spiro atoms. The van der Waals surface area contributed by atoms with Crippen molar-refractivity contribution in [3.05, 3.63) is 42.0 Å². The van der Waals surface area contributed by atoms with Crippen molar-refractivity contribution in [3.8, 4) is 11.3 Å². The number of nitrogens with zero attached hydrogens (tertiary/aromatic N) is 4. The highest BCUT2D eigenvalue weighted by Crippen LogP contribution is 2.31. The number of likely N-dealkylation sites (tertiary alicyclic amines) is 1. The molecule has 2 aliphatic heterocycles. The SMILES string of the molecule is CC(C)(C)OC(=O)N1CCC(O)C(N2CCCc3cc(-c4ccccc4)nnc32)C1. The number of aliphatic hydroxyl groups excluding tert-OH is 1. The van der Waals surface area contributed by atoms with Crippen LogP contribution in [0, 0.1) is 0 Å². The first kappa shape index (κ1) is 20.6. The highest BCUT2D eigenvalue weighted by atomic mass is 16.6. The van der Waals surface area contributed by atoms with Crippen molar-refractivity contribution in [3.63, 3.8) is 0 Å². The summed E-state index contributed by atoms with van der Waals surface area (Å²) in [5, 5.41) is 19.7. The molecule has 1 aromatic heterocycles. The summed E-state index contributed by atoms with van der Waals surface area (Å²) in [6, 6.07) is 11.9. The summed E-state index contributed by atoms with van der Waals surface area (Å²) in [4.78, 5) is 16.4. The number of anilines is 1. The standard InChI is InChI=1S/C23H30N4O3/c1-23(2,3)30-22(29)26-13-11-20(28)19(15-26)27-12-7-10-17-14-18(24-25-21(17)27)16-8-5-4-6-9-16/h4-6,8-9,14,19-20,28H,7,10-13,15H2,1-3H3. The van der Waals surface area contributed by atoms with Crippen LogP contribution in [0.5, 0.6) is 0 Å². The summed E-state index contributed by atoms with van der Waals surface area (Å²) >= 11 is 0. The molecule has 3 heterocycles. The molecule has 2 unspecified atom stereocenters. The van der Waals surface area contributed by atoms with Gasteiger partial charge in [0, 0.05) is 25.2 Å².